The first-order valence-electron chi connectivity index (χ1n) is 3.27. The molecule has 0 atom stereocenters. The van der Waals surface area contributed by atoms with Gasteiger partial charge < -0.3 is 9.66 Å². The van der Waals surface area contributed by atoms with E-state index in [1.54, 1.807) is 0 Å². The molecule has 0 saturated carbocycles. The monoisotopic (exact) mass is 190 g/mol. The Hall–Kier alpha value is 0.427. The van der Waals surface area contributed by atoms with Gasteiger partial charge in [-0.2, -0.15) is 0 Å². The molecule has 0 rings (SSSR count). The Morgan fingerprint density at radius 3 is 2.25 bits per heavy atom. The van der Waals surface area contributed by atoms with Gasteiger partial charge in [0.15, 0.2) is 0 Å². The molecule has 12 heavy (non-hydrogen) atoms. The maximum Gasteiger partial charge on any atom is 1.00 e. The van der Waals surface area contributed by atoms with Crippen LogP contribution in [0.2, 0.25) is 0 Å². The van der Waals surface area contributed by atoms with Crippen LogP contribution < -0.4 is 18.9 Å². The average Bonchev–Trinajstić information content (AvgIpc) is 1.85. The van der Waals surface area contributed by atoms with E-state index in [4.69, 9.17) is 5.11 Å². The molecule has 0 spiro atoms. The van der Waals surface area contributed by atoms with Gasteiger partial charge in [-0.25, -0.2) is 8.42 Å². The molecule has 0 aromatic carbocycles. The van der Waals surface area contributed by atoms with E-state index in [1.807, 2.05) is 0 Å². The number of aliphatic hydroxyl groups excluding tert-OH is 1. The Balaban J connectivity index is 0. The molecule has 0 unspecified atom stereocenters. The predicted molar refractivity (Wildman–Crippen MR) is 36.6 cm³/mol. The zero-order valence-electron chi connectivity index (χ0n) is 7.02. The quantitative estimate of drug-likeness (QED) is 0.204. The van der Waals surface area contributed by atoms with Crippen LogP contribution in [0.4, 0.5) is 0 Å². The van der Waals surface area contributed by atoms with E-state index in [2.05, 4.69) is 4.18 Å². The molecule has 0 aliphatic carbocycles. The minimum atomic E-state index is -4.52. The van der Waals surface area contributed by atoms with Crippen LogP contribution in [0.3, 0.4) is 0 Å². The molecule has 0 radical (unpaired) electrons. The predicted octanol–water partition coefficient (Wildman–Crippen LogP) is -3.37. The zero-order valence-corrected chi connectivity index (χ0v) is 7.84. The number of hydrogen-bond donors (Lipinski definition) is 1. The van der Waals surface area contributed by atoms with Crippen molar-refractivity contribution in [3.63, 3.8) is 0 Å². The molecule has 5 nitrogen and oxygen atoms in total. The summed E-state index contributed by atoms with van der Waals surface area (Å²) in [7, 11) is -4.52. The SMILES string of the molecule is O=S(=O)([O-])OCCCCCO.[Li+]. The molecule has 0 aromatic heterocycles. The van der Waals surface area contributed by atoms with Crippen molar-refractivity contribution in [3.8, 4) is 0 Å². The van der Waals surface area contributed by atoms with Gasteiger partial charge in [0.05, 0.1) is 6.61 Å². The molecule has 0 fully saturated rings. The topological polar surface area (TPSA) is 86.7 Å². The second-order valence-corrected chi connectivity index (χ2v) is 3.07. The Morgan fingerprint density at radius 1 is 1.25 bits per heavy atom. The van der Waals surface area contributed by atoms with E-state index in [0.717, 1.165) is 0 Å². The van der Waals surface area contributed by atoms with Crippen LogP contribution in [0.25, 0.3) is 0 Å². The van der Waals surface area contributed by atoms with Crippen LogP contribution in [0.15, 0.2) is 0 Å². The largest absolute Gasteiger partial charge is 1.00 e. The van der Waals surface area contributed by atoms with E-state index in [9.17, 15) is 13.0 Å². The molecule has 0 aliphatic heterocycles. The zero-order chi connectivity index (χ0) is 8.74. The Morgan fingerprint density at radius 2 is 1.83 bits per heavy atom. The van der Waals surface area contributed by atoms with Crippen LogP contribution in [-0.4, -0.2) is 31.3 Å². The van der Waals surface area contributed by atoms with E-state index < -0.39 is 10.4 Å². The first-order valence-corrected chi connectivity index (χ1v) is 4.60. The van der Waals surface area contributed by atoms with E-state index in [-0.39, 0.29) is 32.1 Å². The number of rotatable bonds is 6. The molecular weight excluding hydrogens is 179 g/mol. The summed E-state index contributed by atoms with van der Waals surface area (Å²) in [4.78, 5) is 0. The maximum absolute atomic E-state index is 9.84. The van der Waals surface area contributed by atoms with Crippen molar-refractivity contribution < 1.29 is 41.1 Å². The summed E-state index contributed by atoms with van der Waals surface area (Å²) in [6, 6.07) is 0. The first kappa shape index (κ1) is 14.9. The van der Waals surface area contributed by atoms with Gasteiger partial charge in [0.25, 0.3) is 0 Å². The molecule has 68 valence electrons. The van der Waals surface area contributed by atoms with Crippen LogP contribution in [0.5, 0.6) is 0 Å². The second kappa shape index (κ2) is 8.05. The number of aliphatic hydroxyl groups is 1. The molecule has 0 aliphatic rings. The van der Waals surface area contributed by atoms with Crippen molar-refractivity contribution in [2.75, 3.05) is 13.2 Å². The van der Waals surface area contributed by atoms with Crippen molar-refractivity contribution in [1.29, 1.82) is 0 Å². The fraction of sp³-hybridized carbons (Fsp3) is 1.00. The summed E-state index contributed by atoms with van der Waals surface area (Å²) in [6.07, 6.45) is 1.73. The molecular formula is C5H11LiO5S. The van der Waals surface area contributed by atoms with Crippen molar-refractivity contribution >= 4 is 10.4 Å². The normalized spacial score (nSPS) is 10.8. The van der Waals surface area contributed by atoms with Gasteiger partial charge in [0.2, 0.25) is 10.4 Å². The summed E-state index contributed by atoms with van der Waals surface area (Å²) in [5.41, 5.74) is 0. The minimum absolute atomic E-state index is 0. The van der Waals surface area contributed by atoms with Gasteiger partial charge in [0, 0.05) is 6.61 Å². The van der Waals surface area contributed by atoms with Crippen LogP contribution in [0.1, 0.15) is 19.3 Å². The standard InChI is InChI=1S/C5H12O5S.Li/c6-4-2-1-3-5-10-11(7,8)9;/h6H,1-5H2,(H,7,8,9);/q;+1/p-1. The Kier molecular flexibility index (Phi) is 10.0. The molecule has 0 aromatic rings. The van der Waals surface area contributed by atoms with Crippen molar-refractivity contribution in [1.82, 2.24) is 0 Å². The van der Waals surface area contributed by atoms with Gasteiger partial charge in [-0.3, -0.25) is 4.18 Å². The van der Waals surface area contributed by atoms with Crippen molar-refractivity contribution in [2.45, 2.75) is 19.3 Å². The van der Waals surface area contributed by atoms with Crippen molar-refractivity contribution in [3.05, 3.63) is 0 Å². The molecule has 0 saturated heterocycles. The molecule has 0 heterocycles. The minimum Gasteiger partial charge on any atom is -0.726 e. The summed E-state index contributed by atoms with van der Waals surface area (Å²) in [5, 5.41) is 8.30. The van der Waals surface area contributed by atoms with Gasteiger partial charge in [-0.05, 0) is 19.3 Å². The molecule has 1 N–H and O–H groups in total. The van der Waals surface area contributed by atoms with Gasteiger partial charge in [-0.1, -0.05) is 0 Å². The summed E-state index contributed by atoms with van der Waals surface area (Å²) in [5.74, 6) is 0. The fourth-order valence-corrected chi connectivity index (χ4v) is 0.874. The molecule has 0 bridgehead atoms. The Labute approximate surface area is 84.2 Å². The smallest absolute Gasteiger partial charge is 0.726 e. The van der Waals surface area contributed by atoms with Crippen molar-refractivity contribution in [2.24, 2.45) is 0 Å². The summed E-state index contributed by atoms with van der Waals surface area (Å²) in [6.45, 7) is -0.0179. The van der Waals surface area contributed by atoms with E-state index in [1.165, 1.54) is 0 Å². The average molecular weight is 190 g/mol. The number of unbranched alkanes of at least 4 members (excludes halogenated alkanes) is 2. The maximum atomic E-state index is 9.84. The summed E-state index contributed by atoms with van der Waals surface area (Å²) < 4.78 is 33.4. The fourth-order valence-electron chi connectivity index (χ4n) is 0.552. The van der Waals surface area contributed by atoms with Crippen LogP contribution >= 0.6 is 0 Å². The number of hydrogen-bond acceptors (Lipinski definition) is 5. The van der Waals surface area contributed by atoms with Gasteiger partial charge >= 0.3 is 18.9 Å². The van der Waals surface area contributed by atoms with Gasteiger partial charge in [-0.15, -0.1) is 0 Å². The molecule has 0 amide bonds. The first-order chi connectivity index (χ1) is 5.06. The third-order valence-corrected chi connectivity index (χ3v) is 1.49. The summed E-state index contributed by atoms with van der Waals surface area (Å²) >= 11 is 0. The second-order valence-electron chi connectivity index (χ2n) is 2.01. The van der Waals surface area contributed by atoms with Crippen LogP contribution in [0, 0.1) is 0 Å². The van der Waals surface area contributed by atoms with E-state index in [0.29, 0.717) is 19.3 Å². The third kappa shape index (κ3) is 13.0. The van der Waals surface area contributed by atoms with Crippen LogP contribution in [-0.2, 0) is 14.6 Å². The third-order valence-electron chi connectivity index (χ3n) is 1.03. The van der Waals surface area contributed by atoms with E-state index >= 15 is 0 Å². The molecule has 7 heteroatoms. The Bertz CT molecular complexity index is 178. The van der Waals surface area contributed by atoms with Gasteiger partial charge in [0.1, 0.15) is 0 Å².